The van der Waals surface area contributed by atoms with Crippen molar-refractivity contribution in [2.45, 2.75) is 37.6 Å². The summed E-state index contributed by atoms with van der Waals surface area (Å²) in [7, 11) is -3.69. The highest BCUT2D eigenvalue weighted by molar-refractivity contribution is 7.89. The lowest BCUT2D eigenvalue weighted by Crippen LogP contribution is -2.29. The number of rotatable bonds is 9. The Bertz CT molecular complexity index is 1050. The molecule has 0 aliphatic carbocycles. The topological polar surface area (TPSA) is 111 Å². The zero-order valence-electron chi connectivity index (χ0n) is 17.5. The van der Waals surface area contributed by atoms with E-state index >= 15 is 0 Å². The SMILES string of the molecule is CC(=O)c1ccc(S(=O)(=O)NCCCC(=O)N[C@H](C)c2ccc3c(c2)OCCO3)cc1. The van der Waals surface area contributed by atoms with Crippen LogP contribution in [-0.4, -0.2) is 39.9 Å². The van der Waals surface area contributed by atoms with Crippen LogP contribution >= 0.6 is 0 Å². The van der Waals surface area contributed by atoms with E-state index in [0.29, 0.717) is 36.7 Å². The molecular weight excluding hydrogens is 420 g/mol. The minimum Gasteiger partial charge on any atom is -0.486 e. The Balaban J connectivity index is 1.45. The highest BCUT2D eigenvalue weighted by atomic mass is 32.2. The van der Waals surface area contributed by atoms with Crippen LogP contribution in [0.25, 0.3) is 0 Å². The fourth-order valence-electron chi connectivity index (χ4n) is 3.13. The molecule has 0 fully saturated rings. The van der Waals surface area contributed by atoms with E-state index in [9.17, 15) is 18.0 Å². The van der Waals surface area contributed by atoms with Crippen LogP contribution in [0.4, 0.5) is 0 Å². The molecule has 3 rings (SSSR count). The van der Waals surface area contributed by atoms with Crippen molar-refractivity contribution in [1.29, 1.82) is 0 Å². The van der Waals surface area contributed by atoms with E-state index in [1.54, 1.807) is 0 Å². The van der Waals surface area contributed by atoms with E-state index in [0.717, 1.165) is 5.56 Å². The number of sulfonamides is 1. The Morgan fingerprint density at radius 2 is 1.71 bits per heavy atom. The molecule has 0 saturated carbocycles. The molecule has 0 aromatic heterocycles. The Kier molecular flexibility index (Phi) is 7.29. The van der Waals surface area contributed by atoms with Crippen LogP contribution in [0.3, 0.4) is 0 Å². The Morgan fingerprint density at radius 1 is 1.03 bits per heavy atom. The van der Waals surface area contributed by atoms with Gasteiger partial charge in [-0.15, -0.1) is 0 Å². The largest absolute Gasteiger partial charge is 0.486 e. The van der Waals surface area contributed by atoms with Crippen molar-refractivity contribution in [3.8, 4) is 11.5 Å². The van der Waals surface area contributed by atoms with Crippen LogP contribution in [0.5, 0.6) is 11.5 Å². The second kappa shape index (κ2) is 9.93. The zero-order chi connectivity index (χ0) is 22.4. The van der Waals surface area contributed by atoms with E-state index in [4.69, 9.17) is 9.47 Å². The summed E-state index contributed by atoms with van der Waals surface area (Å²) in [6, 6.07) is 11.1. The van der Waals surface area contributed by atoms with Crippen molar-refractivity contribution in [1.82, 2.24) is 10.0 Å². The number of carbonyl (C=O) groups excluding carboxylic acids is 2. The molecule has 2 aromatic carbocycles. The predicted octanol–water partition coefficient (Wildman–Crippen LogP) is 2.60. The molecule has 0 saturated heterocycles. The third-order valence-electron chi connectivity index (χ3n) is 4.89. The summed E-state index contributed by atoms with van der Waals surface area (Å²) >= 11 is 0. The van der Waals surface area contributed by atoms with Gasteiger partial charge < -0.3 is 14.8 Å². The smallest absolute Gasteiger partial charge is 0.240 e. The van der Waals surface area contributed by atoms with Crippen LogP contribution < -0.4 is 19.5 Å². The van der Waals surface area contributed by atoms with Crippen LogP contribution in [0.15, 0.2) is 47.4 Å². The molecule has 1 heterocycles. The number of benzene rings is 2. The third-order valence-corrected chi connectivity index (χ3v) is 6.36. The molecule has 1 aliphatic heterocycles. The summed E-state index contributed by atoms with van der Waals surface area (Å²) in [6.07, 6.45) is 0.533. The highest BCUT2D eigenvalue weighted by Gasteiger charge is 2.17. The van der Waals surface area contributed by atoms with Crippen LogP contribution in [0.1, 0.15) is 48.7 Å². The van der Waals surface area contributed by atoms with E-state index < -0.39 is 10.0 Å². The molecule has 0 spiro atoms. The third kappa shape index (κ3) is 6.05. The zero-order valence-corrected chi connectivity index (χ0v) is 18.3. The van der Waals surface area contributed by atoms with E-state index in [1.807, 2.05) is 25.1 Å². The Hall–Kier alpha value is -2.91. The molecule has 2 aromatic rings. The van der Waals surface area contributed by atoms with Crippen molar-refractivity contribution in [2.24, 2.45) is 0 Å². The molecule has 9 heteroatoms. The molecule has 8 nitrogen and oxygen atoms in total. The first-order chi connectivity index (χ1) is 14.8. The molecule has 0 bridgehead atoms. The van der Waals surface area contributed by atoms with Gasteiger partial charge in [0.1, 0.15) is 13.2 Å². The second-order valence-corrected chi connectivity index (χ2v) is 9.04. The number of hydrogen-bond acceptors (Lipinski definition) is 6. The summed E-state index contributed by atoms with van der Waals surface area (Å²) < 4.78 is 38.2. The number of ether oxygens (including phenoxy) is 2. The number of fused-ring (bicyclic) bond motifs is 1. The lowest BCUT2D eigenvalue weighted by molar-refractivity contribution is -0.121. The first-order valence-electron chi connectivity index (χ1n) is 10.1. The van der Waals surface area contributed by atoms with Crippen LogP contribution in [-0.2, 0) is 14.8 Å². The number of ketones is 1. The maximum atomic E-state index is 12.3. The van der Waals surface area contributed by atoms with Gasteiger partial charge >= 0.3 is 0 Å². The van der Waals surface area contributed by atoms with Crippen molar-refractivity contribution >= 4 is 21.7 Å². The van der Waals surface area contributed by atoms with Gasteiger partial charge in [-0.1, -0.05) is 18.2 Å². The van der Waals surface area contributed by atoms with Gasteiger partial charge in [-0.3, -0.25) is 9.59 Å². The van der Waals surface area contributed by atoms with E-state index in [2.05, 4.69) is 10.0 Å². The molecule has 1 aliphatic rings. The monoisotopic (exact) mass is 446 g/mol. The number of nitrogens with one attached hydrogen (secondary N) is 2. The lowest BCUT2D eigenvalue weighted by Gasteiger charge is -2.21. The van der Waals surface area contributed by atoms with Gasteiger partial charge in [0.15, 0.2) is 17.3 Å². The predicted molar refractivity (Wildman–Crippen MR) is 115 cm³/mol. The Morgan fingerprint density at radius 3 is 2.39 bits per heavy atom. The minimum absolute atomic E-state index is 0.0779. The molecule has 0 unspecified atom stereocenters. The van der Waals surface area contributed by atoms with Crippen molar-refractivity contribution < 1.29 is 27.5 Å². The van der Waals surface area contributed by atoms with Gasteiger partial charge in [-0.2, -0.15) is 0 Å². The first-order valence-corrected chi connectivity index (χ1v) is 11.5. The molecular formula is C22H26N2O6S. The molecule has 2 N–H and O–H groups in total. The minimum atomic E-state index is -3.69. The standard InChI is InChI=1S/C22H26N2O6S/c1-15(18-7-10-20-21(14-18)30-13-12-29-20)24-22(26)4-3-11-23-31(27,28)19-8-5-17(6-9-19)16(2)25/h5-10,14-15,23H,3-4,11-13H2,1-2H3,(H,24,26)/t15-/m1/s1. The number of Topliss-reactive ketones (excluding diaryl/α,β-unsaturated/α-hetero) is 1. The second-order valence-electron chi connectivity index (χ2n) is 7.27. The summed E-state index contributed by atoms with van der Waals surface area (Å²) in [4.78, 5) is 23.6. The number of carbonyl (C=O) groups is 2. The van der Waals surface area contributed by atoms with E-state index in [-0.39, 0.29) is 35.6 Å². The molecule has 1 atom stereocenters. The van der Waals surface area contributed by atoms with E-state index in [1.165, 1.54) is 31.2 Å². The maximum absolute atomic E-state index is 12.3. The van der Waals surface area contributed by atoms with Gasteiger partial charge in [-0.05, 0) is 50.1 Å². The van der Waals surface area contributed by atoms with Crippen molar-refractivity contribution in [3.63, 3.8) is 0 Å². The van der Waals surface area contributed by atoms with Crippen molar-refractivity contribution in [2.75, 3.05) is 19.8 Å². The lowest BCUT2D eigenvalue weighted by atomic mass is 10.1. The van der Waals surface area contributed by atoms with Crippen LogP contribution in [0.2, 0.25) is 0 Å². The average molecular weight is 447 g/mol. The summed E-state index contributed by atoms with van der Waals surface area (Å²) in [6.45, 7) is 4.43. The number of amides is 1. The number of hydrogen-bond donors (Lipinski definition) is 2. The summed E-state index contributed by atoms with van der Waals surface area (Å²) in [5, 5.41) is 2.90. The van der Waals surface area contributed by atoms with Crippen molar-refractivity contribution in [3.05, 3.63) is 53.6 Å². The normalized spacial score (nSPS) is 14.0. The molecule has 1 amide bonds. The van der Waals surface area contributed by atoms with Gasteiger partial charge in [-0.25, -0.2) is 13.1 Å². The van der Waals surface area contributed by atoms with Gasteiger partial charge in [0.25, 0.3) is 0 Å². The summed E-state index contributed by atoms with van der Waals surface area (Å²) in [5.74, 6) is 1.05. The fourth-order valence-corrected chi connectivity index (χ4v) is 4.21. The van der Waals surface area contributed by atoms with Gasteiger partial charge in [0.2, 0.25) is 15.9 Å². The van der Waals surface area contributed by atoms with Crippen LogP contribution in [0, 0.1) is 0 Å². The first kappa shape index (κ1) is 22.8. The quantitative estimate of drug-likeness (QED) is 0.453. The highest BCUT2D eigenvalue weighted by Crippen LogP contribution is 2.32. The molecule has 31 heavy (non-hydrogen) atoms. The average Bonchev–Trinajstić information content (AvgIpc) is 2.76. The Labute approximate surface area is 182 Å². The summed E-state index contributed by atoms with van der Waals surface area (Å²) in [5.41, 5.74) is 1.34. The maximum Gasteiger partial charge on any atom is 0.240 e. The molecule has 166 valence electrons. The van der Waals surface area contributed by atoms with Gasteiger partial charge in [0, 0.05) is 18.5 Å². The molecule has 0 radical (unpaired) electrons. The van der Waals surface area contributed by atoms with Gasteiger partial charge in [0.05, 0.1) is 10.9 Å². The fraction of sp³-hybridized carbons (Fsp3) is 0.364.